The SMILES string of the molecule is COc1cc(-c2cccc(CN(c3ccc4c(c3)OCO4)C3CCN(Cc4ccnc(-c5cc(OC)c(OC)c(OC)c5)c4)CC3)c2)cc(OC)c1OC. The third-order valence-electron chi connectivity index (χ3n) is 10.2. The molecule has 5 aromatic rings. The fourth-order valence-electron chi connectivity index (χ4n) is 7.40. The molecule has 0 radical (unpaired) electrons. The first-order valence-electron chi connectivity index (χ1n) is 18.0. The zero-order chi connectivity index (χ0) is 37.6. The number of likely N-dealkylation sites (tertiary alicyclic amines) is 1. The summed E-state index contributed by atoms with van der Waals surface area (Å²) in [7, 11) is 9.74. The average Bonchev–Trinajstić information content (AvgIpc) is 3.70. The number of ether oxygens (including phenoxy) is 8. The van der Waals surface area contributed by atoms with Crippen LogP contribution in [-0.2, 0) is 13.1 Å². The van der Waals surface area contributed by atoms with Crippen LogP contribution in [-0.4, -0.2) is 78.5 Å². The summed E-state index contributed by atoms with van der Waals surface area (Å²) in [4.78, 5) is 9.72. The van der Waals surface area contributed by atoms with E-state index in [4.69, 9.17) is 37.9 Å². The summed E-state index contributed by atoms with van der Waals surface area (Å²) in [6, 6.07) is 27.3. The van der Waals surface area contributed by atoms with Crippen LogP contribution in [0.3, 0.4) is 0 Å². The Morgan fingerprint density at radius 2 is 1.26 bits per heavy atom. The number of nitrogens with zero attached hydrogens (tertiary/aromatic N) is 3. The van der Waals surface area contributed by atoms with Gasteiger partial charge in [-0.05, 0) is 89.7 Å². The van der Waals surface area contributed by atoms with E-state index in [1.807, 2.05) is 36.5 Å². The van der Waals surface area contributed by atoms with Gasteiger partial charge in [-0.25, -0.2) is 0 Å². The molecular weight excluding hydrogens is 686 g/mol. The molecule has 2 aliphatic rings. The molecule has 1 saturated heterocycles. The van der Waals surface area contributed by atoms with Gasteiger partial charge in [-0.3, -0.25) is 9.88 Å². The summed E-state index contributed by atoms with van der Waals surface area (Å²) in [6.45, 7) is 3.71. The molecule has 54 heavy (non-hydrogen) atoms. The van der Waals surface area contributed by atoms with E-state index in [0.717, 1.165) is 78.6 Å². The van der Waals surface area contributed by atoms with Crippen LogP contribution in [0, 0.1) is 0 Å². The molecule has 2 aliphatic heterocycles. The van der Waals surface area contributed by atoms with Crippen LogP contribution in [0.15, 0.2) is 85.1 Å². The fraction of sp³-hybridized carbons (Fsp3) is 0.326. The van der Waals surface area contributed by atoms with Crippen molar-refractivity contribution in [1.29, 1.82) is 0 Å². The number of benzene rings is 4. The summed E-state index contributed by atoms with van der Waals surface area (Å²) < 4.78 is 45.0. The Hall–Kier alpha value is -5.81. The first-order chi connectivity index (χ1) is 26.4. The molecule has 282 valence electrons. The highest BCUT2D eigenvalue weighted by atomic mass is 16.7. The number of anilines is 1. The largest absolute Gasteiger partial charge is 0.493 e. The topological polar surface area (TPSA) is 93.2 Å². The van der Waals surface area contributed by atoms with Crippen molar-refractivity contribution in [2.24, 2.45) is 0 Å². The lowest BCUT2D eigenvalue weighted by atomic mass is 9.98. The summed E-state index contributed by atoms with van der Waals surface area (Å²) in [5.41, 5.74) is 7.30. The van der Waals surface area contributed by atoms with E-state index >= 15 is 0 Å². The molecule has 0 atom stereocenters. The van der Waals surface area contributed by atoms with Crippen molar-refractivity contribution in [1.82, 2.24) is 9.88 Å². The van der Waals surface area contributed by atoms with E-state index in [-0.39, 0.29) is 6.79 Å². The molecule has 0 aliphatic carbocycles. The second-order valence-electron chi connectivity index (χ2n) is 13.3. The maximum atomic E-state index is 5.81. The van der Waals surface area contributed by atoms with Gasteiger partial charge in [0.25, 0.3) is 0 Å². The van der Waals surface area contributed by atoms with Crippen molar-refractivity contribution in [3.8, 4) is 68.4 Å². The van der Waals surface area contributed by atoms with Crippen molar-refractivity contribution in [3.63, 3.8) is 0 Å². The summed E-state index contributed by atoms with van der Waals surface area (Å²) >= 11 is 0. The third kappa shape index (κ3) is 7.63. The first kappa shape index (κ1) is 36.5. The molecule has 0 spiro atoms. The van der Waals surface area contributed by atoms with Crippen LogP contribution in [0.25, 0.3) is 22.4 Å². The van der Waals surface area contributed by atoms with Crippen LogP contribution in [0.1, 0.15) is 24.0 Å². The quantitative estimate of drug-likeness (QED) is 0.112. The van der Waals surface area contributed by atoms with Gasteiger partial charge in [0.15, 0.2) is 34.5 Å². The molecule has 0 bridgehead atoms. The number of methoxy groups -OCH3 is 6. The van der Waals surface area contributed by atoms with Gasteiger partial charge in [-0.1, -0.05) is 18.2 Å². The van der Waals surface area contributed by atoms with Crippen LogP contribution >= 0.6 is 0 Å². The highest BCUT2D eigenvalue weighted by molar-refractivity contribution is 5.72. The Kier molecular flexibility index (Phi) is 11.1. The van der Waals surface area contributed by atoms with Gasteiger partial charge in [-0.2, -0.15) is 0 Å². The Morgan fingerprint density at radius 1 is 0.630 bits per heavy atom. The molecule has 7 rings (SSSR count). The number of fused-ring (bicyclic) bond motifs is 1. The second kappa shape index (κ2) is 16.5. The van der Waals surface area contributed by atoms with Crippen molar-refractivity contribution in [3.05, 3.63) is 96.2 Å². The van der Waals surface area contributed by atoms with E-state index in [9.17, 15) is 0 Å². The monoisotopic (exact) mass is 733 g/mol. The van der Waals surface area contributed by atoms with E-state index in [1.54, 1.807) is 42.7 Å². The predicted molar refractivity (Wildman–Crippen MR) is 208 cm³/mol. The Morgan fingerprint density at radius 3 is 1.89 bits per heavy atom. The summed E-state index contributed by atoms with van der Waals surface area (Å²) in [5.74, 6) is 5.13. The van der Waals surface area contributed by atoms with E-state index in [1.165, 1.54) is 11.1 Å². The zero-order valence-corrected chi connectivity index (χ0v) is 31.7. The lowest BCUT2D eigenvalue weighted by Gasteiger charge is -2.40. The molecule has 11 nitrogen and oxygen atoms in total. The van der Waals surface area contributed by atoms with Crippen LogP contribution in [0.2, 0.25) is 0 Å². The van der Waals surface area contributed by atoms with Crippen LogP contribution in [0.5, 0.6) is 46.0 Å². The lowest BCUT2D eigenvalue weighted by molar-refractivity contribution is 0.174. The minimum absolute atomic E-state index is 0.240. The molecule has 1 fully saturated rings. The van der Waals surface area contributed by atoms with E-state index in [0.29, 0.717) is 40.5 Å². The van der Waals surface area contributed by atoms with Crippen molar-refractivity contribution in [2.45, 2.75) is 32.0 Å². The minimum Gasteiger partial charge on any atom is -0.493 e. The molecule has 0 unspecified atom stereocenters. The minimum atomic E-state index is 0.240. The summed E-state index contributed by atoms with van der Waals surface area (Å²) in [6.07, 6.45) is 3.88. The van der Waals surface area contributed by atoms with Gasteiger partial charge < -0.3 is 42.8 Å². The number of piperidine rings is 1. The maximum Gasteiger partial charge on any atom is 0.231 e. The molecule has 0 N–H and O–H groups in total. The lowest BCUT2D eigenvalue weighted by Crippen LogP contribution is -2.44. The van der Waals surface area contributed by atoms with Crippen LogP contribution in [0.4, 0.5) is 5.69 Å². The molecule has 11 heteroatoms. The maximum absolute atomic E-state index is 5.81. The molecule has 1 aromatic heterocycles. The second-order valence-corrected chi connectivity index (χ2v) is 13.3. The highest BCUT2D eigenvalue weighted by Gasteiger charge is 2.27. The molecule has 0 saturated carbocycles. The average molecular weight is 734 g/mol. The smallest absolute Gasteiger partial charge is 0.231 e. The molecule has 0 amide bonds. The van der Waals surface area contributed by atoms with Crippen molar-refractivity contribution >= 4 is 5.69 Å². The van der Waals surface area contributed by atoms with E-state index < -0.39 is 0 Å². The predicted octanol–water partition coefficient (Wildman–Crippen LogP) is 7.87. The third-order valence-corrected chi connectivity index (χ3v) is 10.2. The van der Waals surface area contributed by atoms with Crippen molar-refractivity contribution < 1.29 is 37.9 Å². The standard InChI is InChI=1S/C43H47N3O8/c1-47-38-20-31(21-39(48-2)42(38)51-5)30-9-7-8-28(18-30)26-46(34-10-11-36-37(24-34)54-27-53-36)33-13-16-45(17-14-33)25-29-12-15-44-35(19-29)32-22-40(49-3)43(52-6)41(23-32)50-4/h7-12,15,18-24,33H,13-14,16-17,25-27H2,1-6H3. The zero-order valence-electron chi connectivity index (χ0n) is 31.7. The van der Waals surface area contributed by atoms with Crippen molar-refractivity contribution in [2.75, 3.05) is 67.4 Å². The normalized spacial score (nSPS) is 14.0. The molecular formula is C43H47N3O8. The number of hydrogen-bond donors (Lipinski definition) is 0. The molecule has 4 aromatic carbocycles. The van der Waals surface area contributed by atoms with Gasteiger partial charge in [0.1, 0.15) is 0 Å². The van der Waals surface area contributed by atoms with Gasteiger partial charge >= 0.3 is 0 Å². The summed E-state index contributed by atoms with van der Waals surface area (Å²) in [5, 5.41) is 0. The highest BCUT2D eigenvalue weighted by Crippen LogP contribution is 2.43. The fourth-order valence-corrected chi connectivity index (χ4v) is 7.40. The molecule has 3 heterocycles. The first-order valence-corrected chi connectivity index (χ1v) is 18.0. The Bertz CT molecular complexity index is 2030. The van der Waals surface area contributed by atoms with E-state index in [2.05, 4.69) is 63.3 Å². The number of aromatic nitrogens is 1. The number of pyridine rings is 1. The van der Waals surface area contributed by atoms with Gasteiger partial charge in [0.05, 0.1) is 48.4 Å². The Labute approximate surface area is 316 Å². The van der Waals surface area contributed by atoms with Gasteiger partial charge in [0, 0.05) is 55.7 Å². The van der Waals surface area contributed by atoms with Crippen LogP contribution < -0.4 is 42.8 Å². The Balaban J connectivity index is 1.10. The van der Waals surface area contributed by atoms with Gasteiger partial charge in [0.2, 0.25) is 18.3 Å². The number of hydrogen-bond acceptors (Lipinski definition) is 11. The number of rotatable bonds is 14. The van der Waals surface area contributed by atoms with Gasteiger partial charge in [-0.15, -0.1) is 0 Å².